The molecule has 1 unspecified atom stereocenters. The summed E-state index contributed by atoms with van der Waals surface area (Å²) in [4.78, 5) is 20.1. The summed E-state index contributed by atoms with van der Waals surface area (Å²) < 4.78 is 10.9. The van der Waals surface area contributed by atoms with Crippen molar-refractivity contribution in [1.29, 1.82) is 0 Å². The largest absolute Gasteiger partial charge is 0.454 e. The molecular weight excluding hydrogens is 461 g/mol. The minimum absolute atomic E-state index is 0.0712. The number of nitrogens with zero attached hydrogens (tertiary/aromatic N) is 3. The lowest BCUT2D eigenvalue weighted by Crippen LogP contribution is -2.52. The summed E-state index contributed by atoms with van der Waals surface area (Å²) in [5.74, 6) is 2.01. The first-order chi connectivity index (χ1) is 16.0. The number of rotatable bonds is 5. The van der Waals surface area contributed by atoms with E-state index in [1.807, 2.05) is 24.3 Å². The smallest absolute Gasteiger partial charge is 0.231 e. The Hall–Kier alpha value is -1.99. The topological polar surface area (TPSA) is 45.3 Å². The summed E-state index contributed by atoms with van der Waals surface area (Å²) in [5, 5.41) is 1.15. The molecule has 1 amide bonds. The lowest BCUT2D eigenvalue weighted by atomic mass is 9.95. The third kappa shape index (κ3) is 5.40. The first-order valence-corrected chi connectivity index (χ1v) is 12.4. The van der Waals surface area contributed by atoms with Gasteiger partial charge in [0.15, 0.2) is 11.5 Å². The molecule has 3 aliphatic heterocycles. The van der Waals surface area contributed by atoms with Crippen LogP contribution in [0.3, 0.4) is 0 Å². The Morgan fingerprint density at radius 1 is 0.848 bits per heavy atom. The van der Waals surface area contributed by atoms with E-state index in [-0.39, 0.29) is 5.92 Å². The Morgan fingerprint density at radius 3 is 2.39 bits per heavy atom. The minimum atomic E-state index is 0.0712. The molecule has 0 saturated carbocycles. The summed E-state index contributed by atoms with van der Waals surface area (Å²) in [6, 6.07) is 11.9. The number of fused-ring (bicyclic) bond motifs is 1. The van der Waals surface area contributed by atoms with Crippen molar-refractivity contribution >= 4 is 29.1 Å². The van der Waals surface area contributed by atoms with Crippen LogP contribution in [0.1, 0.15) is 24.0 Å². The fourth-order valence-corrected chi connectivity index (χ4v) is 5.30. The summed E-state index contributed by atoms with van der Waals surface area (Å²) in [6.07, 6.45) is 2.01. The highest BCUT2D eigenvalue weighted by Crippen LogP contribution is 2.33. The fraction of sp³-hybridized carbons (Fsp3) is 0.480. The quantitative estimate of drug-likeness (QED) is 0.627. The van der Waals surface area contributed by atoms with Crippen molar-refractivity contribution in [2.75, 3.05) is 46.1 Å². The van der Waals surface area contributed by atoms with Crippen LogP contribution in [0, 0.1) is 5.92 Å². The third-order valence-corrected chi connectivity index (χ3v) is 7.51. The Kier molecular flexibility index (Phi) is 6.97. The standard InChI is InChI=1S/C25H29Cl2N3O3/c26-21-5-3-18(12-22(21)27)15-29-7-1-2-20(16-29)25(31)30-10-8-28(9-11-30)14-19-4-6-23-24(13-19)33-17-32-23/h3-6,12-13,20H,1-2,7-11,14-17H2. The van der Waals surface area contributed by atoms with Crippen LogP contribution in [0.4, 0.5) is 0 Å². The number of carbonyl (C=O) groups is 1. The number of likely N-dealkylation sites (tertiary alicyclic amines) is 1. The van der Waals surface area contributed by atoms with Crippen molar-refractivity contribution in [2.24, 2.45) is 5.92 Å². The number of piperazine rings is 1. The fourth-order valence-electron chi connectivity index (χ4n) is 4.98. The normalized spacial score (nSPS) is 21.4. The maximum Gasteiger partial charge on any atom is 0.231 e. The average molecular weight is 490 g/mol. The van der Waals surface area contributed by atoms with Crippen LogP contribution >= 0.6 is 23.2 Å². The maximum atomic E-state index is 13.3. The van der Waals surface area contributed by atoms with E-state index in [0.717, 1.165) is 82.3 Å². The van der Waals surface area contributed by atoms with Gasteiger partial charge in [0.05, 0.1) is 16.0 Å². The number of ether oxygens (including phenoxy) is 2. The predicted molar refractivity (Wildman–Crippen MR) is 129 cm³/mol. The van der Waals surface area contributed by atoms with Crippen LogP contribution in [0.2, 0.25) is 10.0 Å². The Morgan fingerprint density at radius 2 is 1.58 bits per heavy atom. The van der Waals surface area contributed by atoms with Gasteiger partial charge in [-0.25, -0.2) is 0 Å². The van der Waals surface area contributed by atoms with Crippen LogP contribution in [0.15, 0.2) is 36.4 Å². The SMILES string of the molecule is O=C(C1CCCN(Cc2ccc(Cl)c(Cl)c2)C1)N1CCN(Cc2ccc3c(c2)OCO3)CC1. The summed E-state index contributed by atoms with van der Waals surface area (Å²) in [6.45, 7) is 7.11. The van der Waals surface area contributed by atoms with Crippen molar-refractivity contribution < 1.29 is 14.3 Å². The van der Waals surface area contributed by atoms with Crippen molar-refractivity contribution in [3.63, 3.8) is 0 Å². The van der Waals surface area contributed by atoms with Gasteiger partial charge in [-0.1, -0.05) is 35.3 Å². The van der Waals surface area contributed by atoms with Gasteiger partial charge in [0.1, 0.15) is 0 Å². The highest BCUT2D eigenvalue weighted by molar-refractivity contribution is 6.42. The molecule has 0 spiro atoms. The molecule has 5 rings (SSSR count). The van der Waals surface area contributed by atoms with Crippen LogP contribution in [-0.4, -0.2) is 66.7 Å². The number of carbonyl (C=O) groups excluding carboxylic acids is 1. The number of benzene rings is 2. The monoisotopic (exact) mass is 489 g/mol. The molecule has 0 radical (unpaired) electrons. The molecule has 0 aromatic heterocycles. The van der Waals surface area contributed by atoms with Gasteiger partial charge in [0.25, 0.3) is 0 Å². The Bertz CT molecular complexity index is 1010. The van der Waals surface area contributed by atoms with Gasteiger partial charge in [0, 0.05) is 45.8 Å². The van der Waals surface area contributed by atoms with Gasteiger partial charge in [-0.05, 0) is 54.8 Å². The third-order valence-electron chi connectivity index (χ3n) is 6.77. The molecule has 2 fully saturated rings. The van der Waals surface area contributed by atoms with Crippen LogP contribution in [0.25, 0.3) is 0 Å². The van der Waals surface area contributed by atoms with E-state index in [9.17, 15) is 4.79 Å². The summed E-state index contributed by atoms with van der Waals surface area (Å²) >= 11 is 12.2. The molecule has 8 heteroatoms. The lowest BCUT2D eigenvalue weighted by molar-refractivity contribution is -0.139. The highest BCUT2D eigenvalue weighted by Gasteiger charge is 2.31. The van der Waals surface area contributed by atoms with Crippen LogP contribution in [-0.2, 0) is 17.9 Å². The highest BCUT2D eigenvalue weighted by atomic mass is 35.5. The second-order valence-corrected chi connectivity index (χ2v) is 9.93. The Balaban J connectivity index is 1.11. The van der Waals surface area contributed by atoms with Gasteiger partial charge in [-0.15, -0.1) is 0 Å². The van der Waals surface area contributed by atoms with E-state index in [4.69, 9.17) is 32.7 Å². The van der Waals surface area contributed by atoms with E-state index in [1.54, 1.807) is 0 Å². The molecule has 0 bridgehead atoms. The zero-order chi connectivity index (χ0) is 22.8. The van der Waals surface area contributed by atoms with Crippen molar-refractivity contribution in [3.05, 3.63) is 57.6 Å². The van der Waals surface area contributed by atoms with Crippen molar-refractivity contribution in [3.8, 4) is 11.5 Å². The molecule has 0 N–H and O–H groups in total. The van der Waals surface area contributed by atoms with Crippen LogP contribution < -0.4 is 9.47 Å². The molecule has 33 heavy (non-hydrogen) atoms. The minimum Gasteiger partial charge on any atom is -0.454 e. The van der Waals surface area contributed by atoms with Gasteiger partial charge >= 0.3 is 0 Å². The van der Waals surface area contributed by atoms with Gasteiger partial charge in [0.2, 0.25) is 12.7 Å². The molecule has 2 saturated heterocycles. The molecule has 176 valence electrons. The van der Waals surface area contributed by atoms with Crippen molar-refractivity contribution in [2.45, 2.75) is 25.9 Å². The second kappa shape index (κ2) is 10.1. The van der Waals surface area contributed by atoms with E-state index in [0.29, 0.717) is 22.7 Å². The molecule has 0 aliphatic carbocycles. The first kappa shape index (κ1) is 22.8. The molecule has 3 heterocycles. The van der Waals surface area contributed by atoms with Gasteiger partial charge in [-0.3, -0.25) is 14.6 Å². The van der Waals surface area contributed by atoms with E-state index in [2.05, 4.69) is 26.8 Å². The van der Waals surface area contributed by atoms with Gasteiger partial charge in [-0.2, -0.15) is 0 Å². The lowest BCUT2D eigenvalue weighted by Gasteiger charge is -2.39. The Labute approximate surface area is 204 Å². The molecular formula is C25H29Cl2N3O3. The number of amides is 1. The maximum absolute atomic E-state index is 13.3. The molecule has 6 nitrogen and oxygen atoms in total. The first-order valence-electron chi connectivity index (χ1n) is 11.6. The molecule has 1 atom stereocenters. The predicted octanol–water partition coefficient (Wildman–Crippen LogP) is 4.28. The molecule has 2 aromatic carbocycles. The number of piperidine rings is 1. The van der Waals surface area contributed by atoms with E-state index >= 15 is 0 Å². The van der Waals surface area contributed by atoms with Crippen molar-refractivity contribution in [1.82, 2.24) is 14.7 Å². The number of halogens is 2. The van der Waals surface area contributed by atoms with E-state index in [1.165, 1.54) is 5.56 Å². The molecule has 3 aliphatic rings. The number of hydrogen-bond donors (Lipinski definition) is 0. The van der Waals surface area contributed by atoms with Crippen LogP contribution in [0.5, 0.6) is 11.5 Å². The van der Waals surface area contributed by atoms with E-state index < -0.39 is 0 Å². The molecule has 2 aromatic rings. The zero-order valence-electron chi connectivity index (χ0n) is 18.6. The number of hydrogen-bond acceptors (Lipinski definition) is 5. The second-order valence-electron chi connectivity index (χ2n) is 9.11. The summed E-state index contributed by atoms with van der Waals surface area (Å²) in [7, 11) is 0. The zero-order valence-corrected chi connectivity index (χ0v) is 20.2. The van der Waals surface area contributed by atoms with Gasteiger partial charge < -0.3 is 14.4 Å². The summed E-state index contributed by atoms with van der Waals surface area (Å²) in [5.41, 5.74) is 2.35. The average Bonchev–Trinajstić information content (AvgIpc) is 3.30.